The summed E-state index contributed by atoms with van der Waals surface area (Å²) in [5.74, 6) is -3.37. The van der Waals surface area contributed by atoms with Gasteiger partial charge in [-0.3, -0.25) is 4.72 Å². The van der Waals surface area contributed by atoms with E-state index in [0.717, 1.165) is 6.20 Å². The first-order valence-corrected chi connectivity index (χ1v) is 9.65. The second-order valence-corrected chi connectivity index (χ2v) is 8.00. The van der Waals surface area contributed by atoms with Crippen LogP contribution in [0.5, 0.6) is 0 Å². The normalized spacial score (nSPS) is 12.2. The molecule has 5 nitrogen and oxygen atoms in total. The summed E-state index contributed by atoms with van der Waals surface area (Å²) in [4.78, 5) is 6.47. The van der Waals surface area contributed by atoms with Crippen LogP contribution in [0.4, 0.5) is 27.6 Å². The van der Waals surface area contributed by atoms with Gasteiger partial charge in [0, 0.05) is 12.3 Å². The SMILES string of the molecule is O=S(=O)(Nc1cc(F)c(C(F)(F)F)cc1F)c1c[nH]c(-c2cccc(Br)n2)c1. The molecule has 0 radical (unpaired) electrons. The van der Waals surface area contributed by atoms with Gasteiger partial charge < -0.3 is 4.98 Å². The van der Waals surface area contributed by atoms with Gasteiger partial charge in [-0.15, -0.1) is 0 Å². The average molecular weight is 482 g/mol. The molecule has 0 bridgehead atoms. The van der Waals surface area contributed by atoms with Gasteiger partial charge in [0.1, 0.15) is 21.1 Å². The molecule has 0 unspecified atom stereocenters. The monoisotopic (exact) mass is 481 g/mol. The molecule has 2 N–H and O–H groups in total. The Bertz CT molecular complexity index is 1150. The third kappa shape index (κ3) is 4.17. The minimum absolute atomic E-state index is 0.110. The number of hydrogen-bond acceptors (Lipinski definition) is 3. The molecule has 0 fully saturated rings. The number of rotatable bonds is 4. The fraction of sp³-hybridized carbons (Fsp3) is 0.0625. The van der Waals surface area contributed by atoms with Crippen LogP contribution in [0.2, 0.25) is 0 Å². The Kier molecular flexibility index (Phi) is 5.19. The van der Waals surface area contributed by atoms with Gasteiger partial charge in [-0.25, -0.2) is 22.2 Å². The van der Waals surface area contributed by atoms with Crippen LogP contribution in [0.15, 0.2) is 52.1 Å². The predicted octanol–water partition coefficient (Wildman–Crippen LogP) is 4.94. The zero-order chi connectivity index (χ0) is 20.7. The van der Waals surface area contributed by atoms with Crippen molar-refractivity contribution in [3.05, 3.63) is 64.4 Å². The third-order valence-electron chi connectivity index (χ3n) is 3.56. The second kappa shape index (κ2) is 7.17. The molecule has 2 aromatic heterocycles. The zero-order valence-electron chi connectivity index (χ0n) is 13.5. The van der Waals surface area contributed by atoms with Gasteiger partial charge in [-0.1, -0.05) is 6.07 Å². The van der Waals surface area contributed by atoms with Crippen molar-refractivity contribution in [2.24, 2.45) is 0 Å². The van der Waals surface area contributed by atoms with Gasteiger partial charge >= 0.3 is 6.18 Å². The highest BCUT2D eigenvalue weighted by molar-refractivity contribution is 9.10. The molecule has 12 heteroatoms. The van der Waals surface area contributed by atoms with Crippen molar-refractivity contribution < 1.29 is 30.4 Å². The van der Waals surface area contributed by atoms with E-state index in [4.69, 9.17) is 0 Å². The predicted molar refractivity (Wildman–Crippen MR) is 93.9 cm³/mol. The van der Waals surface area contributed by atoms with E-state index in [0.29, 0.717) is 16.0 Å². The van der Waals surface area contributed by atoms with E-state index >= 15 is 0 Å². The topological polar surface area (TPSA) is 74.8 Å². The average Bonchev–Trinajstić information content (AvgIpc) is 3.07. The molecule has 0 amide bonds. The summed E-state index contributed by atoms with van der Waals surface area (Å²) in [6.45, 7) is 0. The molecule has 0 saturated carbocycles. The van der Waals surface area contributed by atoms with Crippen LogP contribution < -0.4 is 4.72 Å². The highest BCUT2D eigenvalue weighted by Crippen LogP contribution is 2.34. The Morgan fingerprint density at radius 1 is 1.07 bits per heavy atom. The van der Waals surface area contributed by atoms with Gasteiger partial charge in [0.2, 0.25) is 0 Å². The van der Waals surface area contributed by atoms with E-state index < -0.39 is 39.1 Å². The van der Waals surface area contributed by atoms with Crippen LogP contribution in [0.3, 0.4) is 0 Å². The van der Waals surface area contributed by atoms with Crippen LogP contribution in [0.1, 0.15) is 5.56 Å². The smallest absolute Gasteiger partial charge is 0.359 e. The first-order valence-electron chi connectivity index (χ1n) is 7.38. The molecular weight excluding hydrogens is 473 g/mol. The summed E-state index contributed by atoms with van der Waals surface area (Å²) < 4.78 is 92.3. The summed E-state index contributed by atoms with van der Waals surface area (Å²) in [6, 6.07) is 6.15. The number of alkyl halides is 3. The lowest BCUT2D eigenvalue weighted by Crippen LogP contribution is -2.15. The molecule has 0 aliphatic rings. The minimum Gasteiger partial charge on any atom is -0.359 e. The van der Waals surface area contributed by atoms with E-state index in [1.165, 1.54) is 6.07 Å². The van der Waals surface area contributed by atoms with Crippen LogP contribution in [0.25, 0.3) is 11.4 Å². The first kappa shape index (κ1) is 20.3. The molecule has 1 aromatic carbocycles. The molecule has 148 valence electrons. The van der Waals surface area contributed by atoms with Crippen LogP contribution in [-0.4, -0.2) is 18.4 Å². The summed E-state index contributed by atoms with van der Waals surface area (Å²) in [5.41, 5.74) is -2.06. The minimum atomic E-state index is -5.12. The number of aromatic nitrogens is 2. The van der Waals surface area contributed by atoms with Crippen molar-refractivity contribution >= 4 is 31.6 Å². The van der Waals surface area contributed by atoms with Gasteiger partial charge in [0.15, 0.2) is 0 Å². The third-order valence-corrected chi connectivity index (χ3v) is 5.35. The lowest BCUT2D eigenvalue weighted by molar-refractivity contribution is -0.140. The number of hydrogen-bond donors (Lipinski definition) is 2. The Morgan fingerprint density at radius 3 is 2.43 bits per heavy atom. The number of H-pyrrole nitrogens is 1. The number of nitrogens with zero attached hydrogens (tertiary/aromatic N) is 1. The Hall–Kier alpha value is -2.47. The Labute approximate surface area is 163 Å². The highest BCUT2D eigenvalue weighted by Gasteiger charge is 2.35. The summed E-state index contributed by atoms with van der Waals surface area (Å²) in [7, 11) is -4.41. The molecule has 28 heavy (non-hydrogen) atoms. The number of benzene rings is 1. The van der Waals surface area contributed by atoms with Crippen LogP contribution >= 0.6 is 15.9 Å². The summed E-state index contributed by atoms with van der Waals surface area (Å²) in [5, 5.41) is 0. The molecule has 0 spiro atoms. The van der Waals surface area contributed by atoms with E-state index in [1.54, 1.807) is 22.9 Å². The maximum atomic E-state index is 13.9. The first-order chi connectivity index (χ1) is 13.0. The number of pyridine rings is 1. The van der Waals surface area contributed by atoms with Gasteiger partial charge in [-0.2, -0.15) is 13.2 Å². The van der Waals surface area contributed by atoms with Crippen molar-refractivity contribution in [3.8, 4) is 11.4 Å². The molecule has 0 aliphatic carbocycles. The van der Waals surface area contributed by atoms with E-state index in [2.05, 4.69) is 25.9 Å². The van der Waals surface area contributed by atoms with E-state index in [9.17, 15) is 30.4 Å². The maximum Gasteiger partial charge on any atom is 0.419 e. The highest BCUT2D eigenvalue weighted by atomic mass is 79.9. The van der Waals surface area contributed by atoms with Gasteiger partial charge in [-0.05, 0) is 40.2 Å². The van der Waals surface area contributed by atoms with Crippen molar-refractivity contribution in [2.75, 3.05) is 4.72 Å². The van der Waals surface area contributed by atoms with Crippen LogP contribution in [0, 0.1) is 11.6 Å². The van der Waals surface area contributed by atoms with E-state index in [-0.39, 0.29) is 17.0 Å². The fourth-order valence-corrected chi connectivity index (χ4v) is 3.68. The number of nitrogens with one attached hydrogen (secondary N) is 2. The molecule has 0 atom stereocenters. The maximum absolute atomic E-state index is 13.9. The molecule has 3 rings (SSSR count). The molecular formula is C16H9BrF5N3O2S. The molecule has 3 aromatic rings. The van der Waals surface area contributed by atoms with Crippen molar-refractivity contribution in [2.45, 2.75) is 11.1 Å². The van der Waals surface area contributed by atoms with Crippen molar-refractivity contribution in [1.82, 2.24) is 9.97 Å². The zero-order valence-corrected chi connectivity index (χ0v) is 15.9. The van der Waals surface area contributed by atoms with Gasteiger partial charge in [0.25, 0.3) is 10.0 Å². The number of anilines is 1. The lowest BCUT2D eigenvalue weighted by Gasteiger charge is -2.12. The molecule has 0 aliphatic heterocycles. The fourth-order valence-electron chi connectivity index (χ4n) is 2.28. The van der Waals surface area contributed by atoms with E-state index in [1.807, 2.05) is 0 Å². The standard InChI is InChI=1S/C16H9BrF5N3O2S/c17-15-3-1-2-12(24-15)14-4-8(7-23-14)28(26,27)25-13-6-10(18)9(5-11(13)19)16(20,21)22/h1-7,23,25H. The number of halogens is 6. The largest absolute Gasteiger partial charge is 0.419 e. The number of sulfonamides is 1. The summed E-state index contributed by atoms with van der Waals surface area (Å²) >= 11 is 3.17. The molecule has 0 saturated heterocycles. The lowest BCUT2D eigenvalue weighted by atomic mass is 10.2. The second-order valence-electron chi connectivity index (χ2n) is 5.51. The number of aromatic amines is 1. The quantitative estimate of drug-likeness (QED) is 0.409. The molecule has 2 heterocycles. The summed E-state index contributed by atoms with van der Waals surface area (Å²) in [6.07, 6.45) is -4.03. The van der Waals surface area contributed by atoms with Crippen LogP contribution in [-0.2, 0) is 16.2 Å². The van der Waals surface area contributed by atoms with Crippen molar-refractivity contribution in [3.63, 3.8) is 0 Å². The van der Waals surface area contributed by atoms with Gasteiger partial charge in [0.05, 0.1) is 22.6 Å². The Balaban J connectivity index is 1.92. The Morgan fingerprint density at radius 2 is 1.79 bits per heavy atom. The van der Waals surface area contributed by atoms with Crippen molar-refractivity contribution in [1.29, 1.82) is 0 Å².